The van der Waals surface area contributed by atoms with E-state index in [4.69, 9.17) is 16.6 Å². The van der Waals surface area contributed by atoms with E-state index < -0.39 is 0 Å². The van der Waals surface area contributed by atoms with Gasteiger partial charge in [0.15, 0.2) is 0 Å². The third-order valence-corrected chi connectivity index (χ3v) is 6.02. The molecule has 0 amide bonds. The zero-order valence-corrected chi connectivity index (χ0v) is 17.2. The summed E-state index contributed by atoms with van der Waals surface area (Å²) in [5.74, 6) is 0.969. The van der Waals surface area contributed by atoms with Crippen molar-refractivity contribution in [1.29, 1.82) is 0 Å². The highest BCUT2D eigenvalue weighted by Gasteiger charge is 2.11. The van der Waals surface area contributed by atoms with Gasteiger partial charge in [0.05, 0.1) is 11.0 Å². The number of aryl methyl sites for hydroxylation is 3. The number of aromatic nitrogens is 2. The molecule has 0 aliphatic rings. The summed E-state index contributed by atoms with van der Waals surface area (Å²) < 4.78 is 2.28. The third kappa shape index (κ3) is 3.85. The maximum absolute atomic E-state index is 6.05. The molecule has 2 nitrogen and oxygen atoms in total. The topological polar surface area (TPSA) is 17.8 Å². The Hall–Kier alpha value is -2.36. The van der Waals surface area contributed by atoms with E-state index in [0.29, 0.717) is 0 Å². The number of halogens is 1. The summed E-state index contributed by atoms with van der Waals surface area (Å²) in [6.07, 6.45) is 4.27. The molecule has 4 aromatic rings. The minimum Gasteiger partial charge on any atom is -0.320 e. The molecule has 4 rings (SSSR count). The van der Waals surface area contributed by atoms with Crippen molar-refractivity contribution >= 4 is 46.1 Å². The van der Waals surface area contributed by atoms with Gasteiger partial charge in [-0.25, -0.2) is 4.98 Å². The van der Waals surface area contributed by atoms with Gasteiger partial charge in [0.25, 0.3) is 0 Å². The smallest absolute Gasteiger partial charge is 0.134 e. The van der Waals surface area contributed by atoms with E-state index in [1.165, 1.54) is 26.4 Å². The van der Waals surface area contributed by atoms with Gasteiger partial charge in [0.1, 0.15) is 5.82 Å². The summed E-state index contributed by atoms with van der Waals surface area (Å²) in [4.78, 5) is 7.46. The first-order valence-electron chi connectivity index (χ1n) is 8.96. The molecule has 0 radical (unpaired) electrons. The number of thiophene rings is 1. The van der Waals surface area contributed by atoms with Crippen LogP contribution in [0.2, 0.25) is 5.02 Å². The molecule has 2 aromatic carbocycles. The van der Waals surface area contributed by atoms with Crippen LogP contribution < -0.4 is 0 Å². The molecule has 0 aliphatic carbocycles. The van der Waals surface area contributed by atoms with Crippen molar-refractivity contribution in [2.75, 3.05) is 0 Å². The molecule has 0 N–H and O–H groups in total. The molecule has 0 saturated heterocycles. The van der Waals surface area contributed by atoms with Gasteiger partial charge >= 0.3 is 0 Å². The quantitative estimate of drug-likeness (QED) is 0.369. The molecule has 0 fully saturated rings. The Kier molecular flexibility index (Phi) is 4.90. The highest BCUT2D eigenvalue weighted by molar-refractivity contribution is 7.12. The maximum Gasteiger partial charge on any atom is 0.134 e. The largest absolute Gasteiger partial charge is 0.320 e. The fraction of sp³-hybridized carbons (Fsp3) is 0.174. The highest BCUT2D eigenvalue weighted by atomic mass is 35.5. The third-order valence-electron chi connectivity index (χ3n) is 4.80. The standard InChI is InChI=1S/C23H21ClN2S/c1-15-12-21-22(13-16(15)2)26(14-18-5-7-19(24)8-6-18)23(25-21)11-10-20-9-4-17(3)27-20/h4-13H,14H2,1-3H3/b11-10+. The first-order valence-corrected chi connectivity index (χ1v) is 10.2. The molecule has 0 unspecified atom stereocenters. The van der Waals surface area contributed by atoms with Gasteiger partial charge in [-0.1, -0.05) is 23.7 Å². The Labute approximate surface area is 168 Å². The van der Waals surface area contributed by atoms with Crippen molar-refractivity contribution in [1.82, 2.24) is 9.55 Å². The van der Waals surface area contributed by atoms with E-state index in [9.17, 15) is 0 Å². The van der Waals surface area contributed by atoms with Crippen LogP contribution in [0.5, 0.6) is 0 Å². The second-order valence-corrected chi connectivity index (χ2v) is 8.65. The molecule has 4 heteroatoms. The van der Waals surface area contributed by atoms with E-state index in [1.807, 2.05) is 12.1 Å². The molecule has 0 bridgehead atoms. The zero-order valence-electron chi connectivity index (χ0n) is 15.7. The zero-order chi connectivity index (χ0) is 19.0. The SMILES string of the molecule is Cc1ccc(/C=C/c2nc3cc(C)c(C)cc3n2Cc2ccc(Cl)cc2)s1. The van der Waals surface area contributed by atoms with E-state index in [2.05, 4.69) is 73.9 Å². The second-order valence-electron chi connectivity index (χ2n) is 6.89. The molecule has 2 heterocycles. The predicted molar refractivity (Wildman–Crippen MR) is 118 cm³/mol. The average Bonchev–Trinajstić information content (AvgIpc) is 3.19. The van der Waals surface area contributed by atoms with Gasteiger partial charge in [-0.15, -0.1) is 11.3 Å². The normalized spacial score (nSPS) is 11.7. The molecule has 0 spiro atoms. The lowest BCUT2D eigenvalue weighted by atomic mass is 10.1. The molecule has 0 aliphatic heterocycles. The van der Waals surface area contributed by atoms with Crippen molar-refractivity contribution in [3.63, 3.8) is 0 Å². The fourth-order valence-corrected chi connectivity index (χ4v) is 4.07. The lowest BCUT2D eigenvalue weighted by Crippen LogP contribution is -2.02. The van der Waals surface area contributed by atoms with Crippen LogP contribution in [0, 0.1) is 20.8 Å². The van der Waals surface area contributed by atoms with Gasteiger partial charge in [-0.05, 0) is 86.0 Å². The van der Waals surface area contributed by atoms with Crippen molar-refractivity contribution in [2.45, 2.75) is 27.3 Å². The first-order chi connectivity index (χ1) is 13.0. The monoisotopic (exact) mass is 392 g/mol. The summed E-state index contributed by atoms with van der Waals surface area (Å²) in [5.41, 5.74) is 5.95. The Balaban J connectivity index is 1.80. The van der Waals surface area contributed by atoms with Gasteiger partial charge in [-0.2, -0.15) is 0 Å². The lowest BCUT2D eigenvalue weighted by Gasteiger charge is -2.09. The summed E-state index contributed by atoms with van der Waals surface area (Å²) in [5, 5.41) is 0.758. The van der Waals surface area contributed by atoms with E-state index in [-0.39, 0.29) is 0 Å². The number of rotatable bonds is 4. The number of hydrogen-bond donors (Lipinski definition) is 0. The Morgan fingerprint density at radius 2 is 1.70 bits per heavy atom. The van der Waals surface area contributed by atoms with E-state index >= 15 is 0 Å². The number of nitrogens with zero attached hydrogens (tertiary/aromatic N) is 2. The van der Waals surface area contributed by atoms with Gasteiger partial charge in [0.2, 0.25) is 0 Å². The summed E-state index contributed by atoms with van der Waals surface area (Å²) in [6, 6.07) is 16.7. The Bertz CT molecular complexity index is 1130. The lowest BCUT2D eigenvalue weighted by molar-refractivity contribution is 0.813. The molecular weight excluding hydrogens is 372 g/mol. The first kappa shape index (κ1) is 18.0. The second kappa shape index (κ2) is 7.34. The van der Waals surface area contributed by atoms with Crippen LogP contribution in [0.25, 0.3) is 23.2 Å². The van der Waals surface area contributed by atoms with Crippen molar-refractivity contribution < 1.29 is 0 Å². The Morgan fingerprint density at radius 3 is 2.41 bits per heavy atom. The molecular formula is C23H21ClN2S. The summed E-state index contributed by atoms with van der Waals surface area (Å²) in [7, 11) is 0. The van der Waals surface area contributed by atoms with Crippen molar-refractivity contribution in [3.05, 3.63) is 85.8 Å². The molecule has 2 aromatic heterocycles. The van der Waals surface area contributed by atoms with Gasteiger partial charge in [0, 0.05) is 21.3 Å². The van der Waals surface area contributed by atoms with Crippen molar-refractivity contribution in [2.24, 2.45) is 0 Å². The van der Waals surface area contributed by atoms with Gasteiger partial charge in [-0.3, -0.25) is 0 Å². The van der Waals surface area contributed by atoms with Crippen LogP contribution in [-0.2, 0) is 6.54 Å². The fourth-order valence-electron chi connectivity index (χ4n) is 3.16. The van der Waals surface area contributed by atoms with Crippen LogP contribution in [0.1, 0.15) is 32.3 Å². The number of imidazole rings is 1. The van der Waals surface area contributed by atoms with Crippen LogP contribution in [-0.4, -0.2) is 9.55 Å². The summed E-state index contributed by atoms with van der Waals surface area (Å²) >= 11 is 7.84. The van der Waals surface area contributed by atoms with Crippen LogP contribution >= 0.6 is 22.9 Å². The minimum atomic E-state index is 0.758. The molecule has 136 valence electrons. The van der Waals surface area contributed by atoms with Crippen molar-refractivity contribution in [3.8, 4) is 0 Å². The number of hydrogen-bond acceptors (Lipinski definition) is 2. The van der Waals surface area contributed by atoms with Crippen LogP contribution in [0.3, 0.4) is 0 Å². The molecule has 27 heavy (non-hydrogen) atoms. The minimum absolute atomic E-state index is 0.758. The highest BCUT2D eigenvalue weighted by Crippen LogP contribution is 2.24. The number of benzene rings is 2. The van der Waals surface area contributed by atoms with Crippen LogP contribution in [0.15, 0.2) is 48.5 Å². The Morgan fingerprint density at radius 1 is 0.963 bits per heavy atom. The summed E-state index contributed by atoms with van der Waals surface area (Å²) in [6.45, 7) is 7.18. The maximum atomic E-state index is 6.05. The molecule has 0 atom stereocenters. The van der Waals surface area contributed by atoms with E-state index in [0.717, 1.165) is 28.4 Å². The molecule has 0 saturated carbocycles. The van der Waals surface area contributed by atoms with E-state index in [1.54, 1.807) is 11.3 Å². The van der Waals surface area contributed by atoms with Gasteiger partial charge < -0.3 is 4.57 Å². The average molecular weight is 393 g/mol. The van der Waals surface area contributed by atoms with Crippen LogP contribution in [0.4, 0.5) is 0 Å². The predicted octanol–water partition coefficient (Wildman–Crippen LogP) is 6.90. The number of fused-ring (bicyclic) bond motifs is 1.